The minimum Gasteiger partial charge on any atom is -0.376 e. The first-order valence-corrected chi connectivity index (χ1v) is 12.2. The molecule has 2 aliphatic heterocycles. The highest BCUT2D eigenvalue weighted by Crippen LogP contribution is 2.31. The molecule has 2 aromatic carbocycles. The molecule has 0 aliphatic carbocycles. The molecule has 2 aliphatic rings. The van der Waals surface area contributed by atoms with E-state index in [-0.39, 0.29) is 24.2 Å². The zero-order valence-corrected chi connectivity index (χ0v) is 18.4. The maximum atomic E-state index is 13.1. The lowest BCUT2D eigenvalue weighted by Gasteiger charge is -2.35. The molecule has 1 amide bonds. The molecule has 0 fully saturated rings. The topological polar surface area (TPSA) is 69.7 Å². The number of benzene rings is 2. The van der Waals surface area contributed by atoms with E-state index >= 15 is 0 Å². The molecule has 0 bridgehead atoms. The van der Waals surface area contributed by atoms with Crippen LogP contribution in [0.1, 0.15) is 37.0 Å². The average Bonchev–Trinajstić information content (AvgIpc) is 2.76. The van der Waals surface area contributed by atoms with Crippen LogP contribution in [-0.4, -0.2) is 43.5 Å². The summed E-state index contributed by atoms with van der Waals surface area (Å²) in [5.41, 5.74) is 5.27. The van der Waals surface area contributed by atoms with Gasteiger partial charge in [0.15, 0.2) is 0 Å². The van der Waals surface area contributed by atoms with Crippen molar-refractivity contribution < 1.29 is 13.2 Å². The fraction of sp³-hybridized carbons (Fsp3) is 0.435. The summed E-state index contributed by atoms with van der Waals surface area (Å²) in [5.74, 6) is 0.169. The summed E-state index contributed by atoms with van der Waals surface area (Å²) in [5, 5.41) is 3.33. The number of fused-ring (bicyclic) bond motifs is 2. The van der Waals surface area contributed by atoms with Crippen molar-refractivity contribution in [2.24, 2.45) is 0 Å². The van der Waals surface area contributed by atoms with Crippen LogP contribution in [-0.2, 0) is 34.2 Å². The van der Waals surface area contributed by atoms with Crippen LogP contribution in [0.3, 0.4) is 0 Å². The summed E-state index contributed by atoms with van der Waals surface area (Å²) < 4.78 is 26.0. The molecule has 0 aromatic heterocycles. The van der Waals surface area contributed by atoms with Gasteiger partial charge in [0.05, 0.1) is 12.3 Å². The van der Waals surface area contributed by atoms with Crippen LogP contribution in [0.15, 0.2) is 42.5 Å². The number of nitrogens with one attached hydrogen (secondary N) is 1. The smallest absolute Gasteiger partial charge is 0.246 e. The van der Waals surface area contributed by atoms with E-state index < -0.39 is 10.0 Å². The number of anilines is 2. The van der Waals surface area contributed by atoms with Crippen LogP contribution in [0.5, 0.6) is 0 Å². The summed E-state index contributed by atoms with van der Waals surface area (Å²) >= 11 is 0. The minimum atomic E-state index is -3.20. The van der Waals surface area contributed by atoms with Crippen LogP contribution in [0, 0.1) is 0 Å². The Bertz CT molecular complexity index is 1050. The van der Waals surface area contributed by atoms with Crippen molar-refractivity contribution in [3.05, 3.63) is 59.2 Å². The normalized spacial score (nSPS) is 19.1. The van der Waals surface area contributed by atoms with Gasteiger partial charge in [-0.3, -0.25) is 4.79 Å². The number of nitrogens with zero attached hydrogens (tertiary/aromatic N) is 2. The van der Waals surface area contributed by atoms with Crippen LogP contribution < -0.4 is 10.2 Å². The molecule has 2 aromatic rings. The lowest BCUT2D eigenvalue weighted by atomic mass is 9.96. The standard InChI is InChI=1S/C23H29N3O3S/c1-3-30(28,29)25-14-13-20-19(16-25)8-6-9-21(20)24-15-23(27)26-17(2)11-12-18-7-4-5-10-22(18)26/h4-10,17,24H,3,11-16H2,1-2H3. The van der Waals surface area contributed by atoms with E-state index in [1.54, 1.807) is 11.2 Å². The van der Waals surface area contributed by atoms with Crippen molar-refractivity contribution in [2.45, 2.75) is 45.7 Å². The molecule has 30 heavy (non-hydrogen) atoms. The molecule has 0 radical (unpaired) electrons. The SMILES string of the molecule is CCS(=O)(=O)N1CCc2c(cccc2NCC(=O)N2c3ccccc3CCC2C)C1. The van der Waals surface area contributed by atoms with Gasteiger partial charge in [-0.25, -0.2) is 8.42 Å². The molecule has 1 N–H and O–H groups in total. The fourth-order valence-electron chi connectivity index (χ4n) is 4.49. The number of carbonyl (C=O) groups excluding carboxylic acids is 1. The van der Waals surface area contributed by atoms with Gasteiger partial charge in [-0.05, 0) is 61.9 Å². The van der Waals surface area contributed by atoms with Gasteiger partial charge in [0.25, 0.3) is 0 Å². The minimum absolute atomic E-state index is 0.0539. The summed E-state index contributed by atoms with van der Waals surface area (Å²) in [6.45, 7) is 4.86. The second kappa shape index (κ2) is 8.40. The van der Waals surface area contributed by atoms with Gasteiger partial charge >= 0.3 is 0 Å². The van der Waals surface area contributed by atoms with E-state index in [4.69, 9.17) is 0 Å². The molecular weight excluding hydrogens is 398 g/mol. The molecule has 2 heterocycles. The van der Waals surface area contributed by atoms with Crippen LogP contribution >= 0.6 is 0 Å². The molecule has 1 atom stereocenters. The van der Waals surface area contributed by atoms with Crippen molar-refractivity contribution in [1.29, 1.82) is 0 Å². The van der Waals surface area contributed by atoms with Gasteiger partial charge in [-0.1, -0.05) is 30.3 Å². The molecule has 6 nitrogen and oxygen atoms in total. The molecule has 7 heteroatoms. The Morgan fingerprint density at radius 3 is 2.67 bits per heavy atom. The number of hydrogen-bond donors (Lipinski definition) is 1. The number of hydrogen-bond acceptors (Lipinski definition) is 4. The molecular formula is C23H29N3O3S. The third kappa shape index (κ3) is 3.96. The highest BCUT2D eigenvalue weighted by Gasteiger charge is 2.29. The van der Waals surface area contributed by atoms with E-state index in [0.717, 1.165) is 35.3 Å². The molecule has 0 saturated carbocycles. The van der Waals surface area contributed by atoms with Crippen LogP contribution in [0.2, 0.25) is 0 Å². The zero-order chi connectivity index (χ0) is 21.3. The first-order valence-electron chi connectivity index (χ1n) is 10.6. The number of carbonyl (C=O) groups is 1. The van der Waals surface area contributed by atoms with E-state index in [1.807, 2.05) is 41.3 Å². The number of sulfonamides is 1. The zero-order valence-electron chi connectivity index (χ0n) is 17.6. The Balaban J connectivity index is 1.49. The van der Waals surface area contributed by atoms with Gasteiger partial charge < -0.3 is 10.2 Å². The molecule has 4 rings (SSSR count). The number of para-hydroxylation sites is 1. The molecule has 0 spiro atoms. The van der Waals surface area contributed by atoms with Crippen LogP contribution in [0.4, 0.5) is 11.4 Å². The summed E-state index contributed by atoms with van der Waals surface area (Å²) in [4.78, 5) is 15.0. The lowest BCUT2D eigenvalue weighted by molar-refractivity contribution is -0.117. The maximum Gasteiger partial charge on any atom is 0.246 e. The number of rotatable bonds is 5. The summed E-state index contributed by atoms with van der Waals surface area (Å²) in [7, 11) is -3.20. The van der Waals surface area contributed by atoms with Crippen molar-refractivity contribution in [3.8, 4) is 0 Å². The second-order valence-electron chi connectivity index (χ2n) is 8.06. The third-order valence-corrected chi connectivity index (χ3v) is 8.04. The number of aryl methyl sites for hydroxylation is 1. The lowest BCUT2D eigenvalue weighted by Crippen LogP contribution is -2.45. The Hall–Kier alpha value is -2.38. The largest absolute Gasteiger partial charge is 0.376 e. The molecule has 1 unspecified atom stereocenters. The molecule has 160 valence electrons. The predicted octanol–water partition coefficient (Wildman–Crippen LogP) is 3.17. The van der Waals surface area contributed by atoms with Crippen molar-refractivity contribution in [1.82, 2.24) is 4.31 Å². The quantitative estimate of drug-likeness (QED) is 0.796. The highest BCUT2D eigenvalue weighted by atomic mass is 32.2. The summed E-state index contributed by atoms with van der Waals surface area (Å²) in [6, 6.07) is 14.2. The Morgan fingerprint density at radius 1 is 1.10 bits per heavy atom. The monoisotopic (exact) mass is 427 g/mol. The van der Waals surface area contributed by atoms with Gasteiger partial charge in [0.2, 0.25) is 15.9 Å². The van der Waals surface area contributed by atoms with E-state index in [1.165, 1.54) is 5.56 Å². The maximum absolute atomic E-state index is 13.1. The van der Waals surface area contributed by atoms with Gasteiger partial charge in [0.1, 0.15) is 0 Å². The Labute approximate surface area is 178 Å². The Kier molecular flexibility index (Phi) is 5.84. The molecule has 0 saturated heterocycles. The summed E-state index contributed by atoms with van der Waals surface area (Å²) in [6.07, 6.45) is 2.61. The fourth-order valence-corrected chi connectivity index (χ4v) is 5.56. The number of amides is 1. The van der Waals surface area contributed by atoms with Crippen molar-refractivity contribution in [3.63, 3.8) is 0 Å². The van der Waals surface area contributed by atoms with E-state index in [0.29, 0.717) is 19.5 Å². The van der Waals surface area contributed by atoms with Crippen molar-refractivity contribution in [2.75, 3.05) is 29.1 Å². The predicted molar refractivity (Wildman–Crippen MR) is 120 cm³/mol. The Morgan fingerprint density at radius 2 is 1.87 bits per heavy atom. The highest BCUT2D eigenvalue weighted by molar-refractivity contribution is 7.89. The van der Waals surface area contributed by atoms with Gasteiger partial charge in [0, 0.05) is 30.5 Å². The van der Waals surface area contributed by atoms with E-state index in [2.05, 4.69) is 18.3 Å². The van der Waals surface area contributed by atoms with Gasteiger partial charge in [-0.2, -0.15) is 4.31 Å². The first kappa shape index (κ1) is 20.9. The van der Waals surface area contributed by atoms with E-state index in [9.17, 15) is 13.2 Å². The second-order valence-corrected chi connectivity index (χ2v) is 10.3. The first-order chi connectivity index (χ1) is 14.4. The average molecular weight is 428 g/mol. The van der Waals surface area contributed by atoms with Crippen LogP contribution in [0.25, 0.3) is 0 Å². The third-order valence-electron chi connectivity index (χ3n) is 6.21. The van der Waals surface area contributed by atoms with Crippen molar-refractivity contribution >= 4 is 27.3 Å². The van der Waals surface area contributed by atoms with Gasteiger partial charge in [-0.15, -0.1) is 0 Å².